The van der Waals surface area contributed by atoms with Crippen molar-refractivity contribution in [2.45, 2.75) is 12.5 Å². The molecule has 1 rings (SSSR count). The summed E-state index contributed by atoms with van der Waals surface area (Å²) in [4.78, 5) is 10.6. The lowest BCUT2D eigenvalue weighted by atomic mass is 10.0. The van der Waals surface area contributed by atoms with Gasteiger partial charge in [-0.15, -0.1) is 0 Å². The maximum atomic E-state index is 10.6. The summed E-state index contributed by atoms with van der Waals surface area (Å²) in [5.74, 6) is -0.481. The molecule has 0 heterocycles. The topological polar surface area (TPSA) is 102 Å². The minimum absolute atomic E-state index is 0.144. The average molecular weight is 241 g/mol. The van der Waals surface area contributed by atoms with E-state index < -0.39 is 12.0 Å². The first kappa shape index (κ1) is 13.1. The standard InChI is InChI=1S/C11H15NO5/c1-16-6-3-8(13)11(9(4-6)17-2)7(12)5-10(14)15/h3-4,7,13H,5,12H2,1-2H3,(H,14,15). The molecule has 0 amide bonds. The van der Waals surface area contributed by atoms with Crippen LogP contribution in [-0.4, -0.2) is 30.4 Å². The summed E-state index contributed by atoms with van der Waals surface area (Å²) in [7, 11) is 2.86. The van der Waals surface area contributed by atoms with Gasteiger partial charge in [0.25, 0.3) is 0 Å². The van der Waals surface area contributed by atoms with E-state index in [1.807, 2.05) is 0 Å². The van der Waals surface area contributed by atoms with Crippen molar-refractivity contribution in [3.63, 3.8) is 0 Å². The zero-order valence-corrected chi connectivity index (χ0v) is 9.64. The van der Waals surface area contributed by atoms with Crippen molar-refractivity contribution in [3.8, 4) is 17.2 Å². The number of benzene rings is 1. The Bertz CT molecular complexity index is 419. The number of phenols is 1. The molecule has 1 unspecified atom stereocenters. The van der Waals surface area contributed by atoms with Gasteiger partial charge in [-0.25, -0.2) is 0 Å². The Morgan fingerprint density at radius 3 is 2.53 bits per heavy atom. The minimum atomic E-state index is -1.05. The molecule has 4 N–H and O–H groups in total. The van der Waals surface area contributed by atoms with Crippen LogP contribution in [0.1, 0.15) is 18.0 Å². The van der Waals surface area contributed by atoms with Crippen LogP contribution in [-0.2, 0) is 4.79 Å². The highest BCUT2D eigenvalue weighted by Crippen LogP contribution is 2.37. The van der Waals surface area contributed by atoms with E-state index in [0.717, 1.165) is 0 Å². The summed E-state index contributed by atoms with van der Waals surface area (Å²) in [6, 6.07) is 2.06. The van der Waals surface area contributed by atoms with Crippen LogP contribution in [0.5, 0.6) is 17.2 Å². The molecule has 0 saturated heterocycles. The van der Waals surface area contributed by atoms with Crippen molar-refractivity contribution in [1.29, 1.82) is 0 Å². The van der Waals surface area contributed by atoms with Gasteiger partial charge in [-0.2, -0.15) is 0 Å². The molecule has 0 fully saturated rings. The Morgan fingerprint density at radius 2 is 2.06 bits per heavy atom. The lowest BCUT2D eigenvalue weighted by Gasteiger charge is -2.16. The SMILES string of the molecule is COc1cc(O)c(C(N)CC(=O)O)c(OC)c1. The molecule has 1 aromatic rings. The average Bonchev–Trinajstić information content (AvgIpc) is 2.26. The number of methoxy groups -OCH3 is 2. The highest BCUT2D eigenvalue weighted by Gasteiger charge is 2.20. The molecule has 17 heavy (non-hydrogen) atoms. The van der Waals surface area contributed by atoms with Gasteiger partial charge in [0.05, 0.1) is 26.2 Å². The molecule has 0 bridgehead atoms. The van der Waals surface area contributed by atoms with Gasteiger partial charge in [-0.05, 0) is 0 Å². The van der Waals surface area contributed by atoms with E-state index in [4.69, 9.17) is 20.3 Å². The molecule has 0 aromatic heterocycles. The van der Waals surface area contributed by atoms with Crippen molar-refractivity contribution in [1.82, 2.24) is 0 Å². The largest absolute Gasteiger partial charge is 0.507 e. The predicted octanol–water partition coefficient (Wildman–Crippen LogP) is 0.884. The number of phenolic OH excluding ortho intramolecular Hbond substituents is 1. The third-order valence-electron chi connectivity index (χ3n) is 2.31. The second-order valence-corrected chi connectivity index (χ2v) is 3.47. The van der Waals surface area contributed by atoms with Crippen molar-refractivity contribution in [2.24, 2.45) is 5.73 Å². The summed E-state index contributed by atoms with van der Waals surface area (Å²) in [6.07, 6.45) is -0.295. The lowest BCUT2D eigenvalue weighted by Crippen LogP contribution is -2.16. The normalized spacial score (nSPS) is 11.9. The number of ether oxygens (including phenoxy) is 2. The molecule has 6 nitrogen and oxygen atoms in total. The van der Waals surface area contributed by atoms with Crippen LogP contribution in [0.3, 0.4) is 0 Å². The number of hydrogen-bond acceptors (Lipinski definition) is 5. The first-order valence-electron chi connectivity index (χ1n) is 4.91. The fourth-order valence-corrected chi connectivity index (χ4v) is 1.54. The third-order valence-corrected chi connectivity index (χ3v) is 2.31. The number of carbonyl (C=O) groups is 1. The minimum Gasteiger partial charge on any atom is -0.507 e. The summed E-state index contributed by atoms with van der Waals surface area (Å²) in [5, 5.41) is 18.5. The van der Waals surface area contributed by atoms with Gasteiger partial charge in [0.2, 0.25) is 0 Å². The first-order chi connectivity index (χ1) is 7.99. The van der Waals surface area contributed by atoms with Crippen LogP contribution in [0.25, 0.3) is 0 Å². The Kier molecular flexibility index (Phi) is 4.17. The highest BCUT2D eigenvalue weighted by molar-refractivity contribution is 5.68. The van der Waals surface area contributed by atoms with Gasteiger partial charge >= 0.3 is 5.97 Å². The maximum Gasteiger partial charge on any atom is 0.305 e. The van der Waals surface area contributed by atoms with Gasteiger partial charge < -0.3 is 25.4 Å². The van der Waals surface area contributed by atoms with Crippen molar-refractivity contribution in [3.05, 3.63) is 17.7 Å². The second kappa shape index (κ2) is 5.40. The van der Waals surface area contributed by atoms with Gasteiger partial charge in [0, 0.05) is 18.2 Å². The quantitative estimate of drug-likeness (QED) is 0.707. The molecule has 0 aliphatic carbocycles. The summed E-state index contributed by atoms with van der Waals surface area (Å²) in [6.45, 7) is 0. The molecule has 1 aromatic carbocycles. The molecule has 0 aliphatic heterocycles. The van der Waals surface area contributed by atoms with Gasteiger partial charge in [-0.1, -0.05) is 0 Å². The molecule has 0 spiro atoms. The van der Waals surface area contributed by atoms with E-state index in [2.05, 4.69) is 0 Å². The van der Waals surface area contributed by atoms with Gasteiger partial charge in [0.15, 0.2) is 0 Å². The van der Waals surface area contributed by atoms with E-state index in [0.29, 0.717) is 11.5 Å². The molecule has 6 heteroatoms. The smallest absolute Gasteiger partial charge is 0.305 e. The number of aliphatic carboxylic acids is 1. The zero-order chi connectivity index (χ0) is 13.0. The van der Waals surface area contributed by atoms with E-state index in [9.17, 15) is 9.90 Å². The van der Waals surface area contributed by atoms with Gasteiger partial charge in [-0.3, -0.25) is 4.79 Å². The number of aromatic hydroxyl groups is 1. The summed E-state index contributed by atoms with van der Waals surface area (Å²) in [5.41, 5.74) is 5.96. The molecular formula is C11H15NO5. The van der Waals surface area contributed by atoms with Crippen molar-refractivity contribution < 1.29 is 24.5 Å². The molecule has 0 saturated carbocycles. The molecule has 94 valence electrons. The van der Waals surface area contributed by atoms with Crippen LogP contribution in [0.15, 0.2) is 12.1 Å². The maximum absolute atomic E-state index is 10.6. The number of nitrogens with two attached hydrogens (primary N) is 1. The highest BCUT2D eigenvalue weighted by atomic mass is 16.5. The van der Waals surface area contributed by atoms with Crippen LogP contribution in [0.2, 0.25) is 0 Å². The summed E-state index contributed by atoms with van der Waals surface area (Å²) < 4.78 is 10.0. The van der Waals surface area contributed by atoms with E-state index in [1.54, 1.807) is 0 Å². The van der Waals surface area contributed by atoms with Crippen molar-refractivity contribution in [2.75, 3.05) is 14.2 Å². The fraction of sp³-hybridized carbons (Fsp3) is 0.364. The Hall–Kier alpha value is -1.95. The molecule has 0 aliphatic rings. The van der Waals surface area contributed by atoms with E-state index >= 15 is 0 Å². The second-order valence-electron chi connectivity index (χ2n) is 3.47. The Morgan fingerprint density at radius 1 is 1.41 bits per heavy atom. The Balaban J connectivity index is 3.17. The monoisotopic (exact) mass is 241 g/mol. The third kappa shape index (κ3) is 3.01. The molecular weight excluding hydrogens is 226 g/mol. The van der Waals surface area contributed by atoms with E-state index in [-0.39, 0.29) is 17.7 Å². The van der Waals surface area contributed by atoms with Crippen molar-refractivity contribution >= 4 is 5.97 Å². The first-order valence-corrected chi connectivity index (χ1v) is 4.91. The number of rotatable bonds is 5. The van der Waals surface area contributed by atoms with Crippen LogP contribution >= 0.6 is 0 Å². The van der Waals surface area contributed by atoms with E-state index in [1.165, 1.54) is 26.4 Å². The van der Waals surface area contributed by atoms with Crippen LogP contribution < -0.4 is 15.2 Å². The lowest BCUT2D eigenvalue weighted by molar-refractivity contribution is -0.137. The van der Waals surface area contributed by atoms with Crippen LogP contribution in [0, 0.1) is 0 Å². The fourth-order valence-electron chi connectivity index (χ4n) is 1.54. The molecule has 1 atom stereocenters. The number of carboxylic acids is 1. The van der Waals surface area contributed by atoms with Crippen LogP contribution in [0.4, 0.5) is 0 Å². The number of hydrogen-bond donors (Lipinski definition) is 3. The van der Waals surface area contributed by atoms with Gasteiger partial charge in [0.1, 0.15) is 17.2 Å². The zero-order valence-electron chi connectivity index (χ0n) is 9.64. The Labute approximate surface area is 98.6 Å². The number of carboxylic acid groups (broad SMARTS) is 1. The predicted molar refractivity (Wildman–Crippen MR) is 60.4 cm³/mol. The summed E-state index contributed by atoms with van der Waals surface area (Å²) >= 11 is 0. The molecule has 0 radical (unpaired) electrons.